The number of carbonyl (C=O) groups is 3. The van der Waals surface area contributed by atoms with Gasteiger partial charge < -0.3 is 30.4 Å². The molecule has 2 rings (SSSR count). The third kappa shape index (κ3) is 9.44. The van der Waals surface area contributed by atoms with Gasteiger partial charge in [-0.2, -0.15) is 0 Å². The zero-order valence-electron chi connectivity index (χ0n) is 26.3. The quantitative estimate of drug-likeness (QED) is 0.195. The predicted molar refractivity (Wildman–Crippen MR) is 171 cm³/mol. The maximum Gasteiger partial charge on any atom is 0.236 e. The number of nitrogens with zero attached hydrogens (tertiary/aromatic N) is 1. The van der Waals surface area contributed by atoms with Crippen molar-refractivity contribution in [3.63, 3.8) is 0 Å². The molecule has 2 aromatic rings. The van der Waals surface area contributed by atoms with Gasteiger partial charge in [0.25, 0.3) is 0 Å². The number of aryl methyl sites for hydroxylation is 1. The van der Waals surface area contributed by atoms with Crippen LogP contribution in [0.1, 0.15) is 62.8 Å². The number of anilines is 1. The Kier molecular flexibility index (Phi) is 12.2. The number of ether oxygens (including phenoxy) is 1. The van der Waals surface area contributed by atoms with Gasteiger partial charge in [0.05, 0.1) is 32.3 Å². The highest BCUT2D eigenvalue weighted by atomic mass is 19.1. The van der Waals surface area contributed by atoms with Gasteiger partial charge in [-0.25, -0.2) is 4.39 Å². The van der Waals surface area contributed by atoms with Crippen molar-refractivity contribution in [2.75, 3.05) is 26.0 Å². The third-order valence-corrected chi connectivity index (χ3v) is 7.25. The number of rotatable bonds is 17. The molecule has 2 aromatic carbocycles. The van der Waals surface area contributed by atoms with Gasteiger partial charge in [-0.1, -0.05) is 24.3 Å². The van der Waals surface area contributed by atoms with Crippen molar-refractivity contribution in [2.24, 2.45) is 0 Å². The first-order valence-corrected chi connectivity index (χ1v) is 14.2. The molecule has 0 heterocycles. The van der Waals surface area contributed by atoms with E-state index in [4.69, 9.17) is 28.3 Å². The lowest BCUT2D eigenvalue weighted by atomic mass is 9.57. The predicted octanol–water partition coefficient (Wildman–Crippen LogP) is 2.58. The second kappa shape index (κ2) is 14.6. The van der Waals surface area contributed by atoms with Crippen LogP contribution in [0.15, 0.2) is 36.4 Å². The molecule has 0 saturated carbocycles. The molecule has 0 bridgehead atoms. The number of hydrogen-bond acceptors (Lipinski definition) is 6. The molecule has 1 unspecified atom stereocenters. The third-order valence-electron chi connectivity index (χ3n) is 7.25. The van der Waals surface area contributed by atoms with Crippen LogP contribution in [0.2, 0.25) is 0 Å². The van der Waals surface area contributed by atoms with Crippen molar-refractivity contribution < 1.29 is 23.5 Å². The fourth-order valence-electron chi connectivity index (χ4n) is 5.39. The van der Waals surface area contributed by atoms with Crippen LogP contribution in [-0.4, -0.2) is 84.3 Å². The summed E-state index contributed by atoms with van der Waals surface area (Å²) in [5, 5.41) is 6.73. The lowest BCUT2D eigenvalue weighted by Gasteiger charge is -2.39. The lowest BCUT2D eigenvalue weighted by Crippen LogP contribution is -2.58. The average molecular weight is 586 g/mol. The van der Waals surface area contributed by atoms with Crippen LogP contribution < -0.4 is 16.0 Å². The van der Waals surface area contributed by atoms with E-state index in [0.29, 0.717) is 42.5 Å². The van der Waals surface area contributed by atoms with Gasteiger partial charge in [-0.3, -0.25) is 9.59 Å². The van der Waals surface area contributed by atoms with Crippen molar-refractivity contribution in [2.45, 2.75) is 82.4 Å². The summed E-state index contributed by atoms with van der Waals surface area (Å²) in [5.74, 6) is -1.23. The van der Waals surface area contributed by atoms with Gasteiger partial charge in [0.1, 0.15) is 19.9 Å². The summed E-state index contributed by atoms with van der Waals surface area (Å²) >= 11 is 0. The molecule has 0 spiro atoms. The van der Waals surface area contributed by atoms with Crippen LogP contribution in [0.25, 0.3) is 0 Å². The Morgan fingerprint density at radius 3 is 2.28 bits per heavy atom. The Bertz CT molecular complexity index is 1290. The fourth-order valence-corrected chi connectivity index (χ4v) is 5.39. The van der Waals surface area contributed by atoms with Gasteiger partial charge >= 0.3 is 0 Å². The minimum atomic E-state index is -1.85. The Morgan fingerprint density at radius 2 is 1.72 bits per heavy atom. The van der Waals surface area contributed by atoms with E-state index < -0.39 is 33.7 Å². The molecule has 43 heavy (non-hydrogen) atoms. The molecule has 0 saturated heterocycles. The van der Waals surface area contributed by atoms with Crippen molar-refractivity contribution in [1.29, 1.82) is 0 Å². The Balaban J connectivity index is 2.38. The van der Waals surface area contributed by atoms with Crippen LogP contribution in [0, 0.1) is 12.7 Å². The molecule has 1 atom stereocenters. The molecule has 0 aliphatic rings. The van der Waals surface area contributed by atoms with E-state index in [2.05, 4.69) is 16.0 Å². The molecule has 8 nitrogen and oxygen atoms in total. The minimum absolute atomic E-state index is 0.0229. The zero-order valence-corrected chi connectivity index (χ0v) is 26.3. The van der Waals surface area contributed by atoms with E-state index in [1.807, 2.05) is 34.7 Å². The first-order chi connectivity index (χ1) is 19.9. The van der Waals surface area contributed by atoms with E-state index in [9.17, 15) is 14.4 Å². The highest BCUT2D eigenvalue weighted by molar-refractivity contribution is 6.41. The van der Waals surface area contributed by atoms with Gasteiger partial charge in [0.15, 0.2) is 0 Å². The molecule has 12 heteroatoms. The summed E-state index contributed by atoms with van der Waals surface area (Å²) in [6, 6.07) is 9.93. The van der Waals surface area contributed by atoms with E-state index in [-0.39, 0.29) is 24.9 Å². The van der Waals surface area contributed by atoms with Gasteiger partial charge in [0.2, 0.25) is 12.3 Å². The molecule has 6 radical (unpaired) electrons. The number of benzene rings is 2. The number of likely N-dealkylation sites (N-methyl/N-ethyl adjacent to an activating group) is 2. The van der Waals surface area contributed by atoms with Crippen molar-refractivity contribution >= 4 is 47.8 Å². The minimum Gasteiger partial charge on any atom is -0.392 e. The van der Waals surface area contributed by atoms with Gasteiger partial charge in [0, 0.05) is 38.7 Å². The highest BCUT2D eigenvalue weighted by Crippen LogP contribution is 2.31. The second-order valence-electron chi connectivity index (χ2n) is 12.2. The second-order valence-corrected chi connectivity index (χ2v) is 12.2. The maximum absolute atomic E-state index is 15.5. The monoisotopic (exact) mass is 586 g/mol. The van der Waals surface area contributed by atoms with Crippen molar-refractivity contribution in [3.8, 4) is 0 Å². The molecular weight excluding hydrogens is 544 g/mol. The van der Waals surface area contributed by atoms with Gasteiger partial charge in [-0.15, -0.1) is 0 Å². The first kappa shape index (κ1) is 36.1. The first-order valence-electron chi connectivity index (χ1n) is 14.2. The summed E-state index contributed by atoms with van der Waals surface area (Å²) < 4.78 is 21.8. The van der Waals surface area contributed by atoms with Crippen LogP contribution in [0.4, 0.5) is 10.1 Å². The summed E-state index contributed by atoms with van der Waals surface area (Å²) in [5.41, 5.74) is -0.347. The van der Waals surface area contributed by atoms with Crippen molar-refractivity contribution in [1.82, 2.24) is 15.5 Å². The SMILES string of the molecule is [B]C([B])(Nc1cccc(C)c1CN(C=O)C([B])(CCC=O)C(=O)NC)c1ccc(CC(C)(C)OC(C)(C)CNC)cc1F. The zero-order chi connectivity index (χ0) is 32.6. The molecule has 0 aliphatic heterocycles. The molecule has 226 valence electrons. The number of amides is 2. The van der Waals surface area contributed by atoms with Crippen LogP contribution >= 0.6 is 0 Å². The lowest BCUT2D eigenvalue weighted by molar-refractivity contribution is -0.136. The van der Waals surface area contributed by atoms with Crippen molar-refractivity contribution in [3.05, 3.63) is 64.5 Å². The van der Waals surface area contributed by atoms with E-state index in [0.717, 1.165) is 10.5 Å². The number of hydrogen-bond donors (Lipinski definition) is 3. The average Bonchev–Trinajstić information content (AvgIpc) is 2.89. The number of nitrogens with one attached hydrogen (secondary N) is 3. The molecule has 0 aliphatic carbocycles. The molecular formula is C31H42B3FN4O4. The molecule has 3 N–H and O–H groups in total. The van der Waals surface area contributed by atoms with Crippen LogP contribution in [0.5, 0.6) is 0 Å². The fraction of sp³-hybridized carbons (Fsp3) is 0.516. The number of carbonyl (C=O) groups excluding carboxylic acids is 3. The topological polar surface area (TPSA) is 99.8 Å². The standard InChI is InChI=1S/C31H42B3FN4O4/c1-21-10-8-11-26(23(21)18-39(20-41)30(32,14-9-15-40)27(42)37-7)38-31(33,34)24-13-12-22(16-25(24)35)17-28(2,3)43-29(4,5)19-36-6/h8,10-13,15-16,20,36,38H,9,14,17-19H2,1-7H3,(H,37,42). The molecule has 0 fully saturated rings. The van der Waals surface area contributed by atoms with Crippen LogP contribution in [-0.2, 0) is 37.4 Å². The summed E-state index contributed by atoms with van der Waals surface area (Å²) in [7, 11) is 22.5. The summed E-state index contributed by atoms with van der Waals surface area (Å²) in [4.78, 5) is 37.1. The summed E-state index contributed by atoms with van der Waals surface area (Å²) in [6.07, 6.45) is 1.41. The smallest absolute Gasteiger partial charge is 0.236 e. The normalized spacial score (nSPS) is 13.6. The largest absolute Gasteiger partial charge is 0.392 e. The van der Waals surface area contributed by atoms with E-state index in [1.165, 1.54) is 19.2 Å². The van der Waals surface area contributed by atoms with Gasteiger partial charge in [-0.05, 0) is 87.8 Å². The number of aldehydes is 1. The number of halogens is 1. The van der Waals surface area contributed by atoms with E-state index >= 15 is 4.39 Å². The maximum atomic E-state index is 15.5. The molecule has 2 amide bonds. The Labute approximate surface area is 259 Å². The van der Waals surface area contributed by atoms with E-state index in [1.54, 1.807) is 31.2 Å². The Morgan fingerprint density at radius 1 is 1.05 bits per heavy atom. The highest BCUT2D eigenvalue weighted by Gasteiger charge is 2.38. The summed E-state index contributed by atoms with van der Waals surface area (Å²) in [6.45, 7) is 10.2. The van der Waals surface area contributed by atoms with Crippen LogP contribution in [0.3, 0.4) is 0 Å². The molecule has 0 aromatic heterocycles. The Hall–Kier alpha value is -3.11.